The first-order chi connectivity index (χ1) is 11.6. The molecule has 0 amide bonds. The molecule has 0 radical (unpaired) electrons. The monoisotopic (exact) mass is 347 g/mol. The van der Waals surface area contributed by atoms with E-state index in [0.29, 0.717) is 6.54 Å². The van der Waals surface area contributed by atoms with Gasteiger partial charge in [0.15, 0.2) is 11.7 Å². The highest BCUT2D eigenvalue weighted by Crippen LogP contribution is 2.21. The molecule has 0 bridgehead atoms. The third kappa shape index (κ3) is 5.58. The molecule has 0 aromatic heterocycles. The molecule has 0 saturated heterocycles. The molecular weight excluding hydrogens is 322 g/mol. The van der Waals surface area contributed by atoms with Crippen LogP contribution in [0.3, 0.4) is 0 Å². The van der Waals surface area contributed by atoms with Crippen molar-refractivity contribution in [1.29, 1.82) is 0 Å². The molecular formula is C17H25N5OS. The maximum Gasteiger partial charge on any atom is 0.185 e. The minimum absolute atomic E-state index is 0.0905. The van der Waals surface area contributed by atoms with Crippen LogP contribution in [0.5, 0.6) is 0 Å². The van der Waals surface area contributed by atoms with Crippen LogP contribution in [0.25, 0.3) is 0 Å². The Hall–Kier alpha value is -1.99. The maximum atomic E-state index is 12.9. The lowest BCUT2D eigenvalue weighted by molar-refractivity contribution is -0.124. The summed E-state index contributed by atoms with van der Waals surface area (Å²) < 4.78 is 0. The van der Waals surface area contributed by atoms with Gasteiger partial charge < -0.3 is 16.8 Å². The van der Waals surface area contributed by atoms with Gasteiger partial charge in [0, 0.05) is 19.3 Å². The van der Waals surface area contributed by atoms with E-state index in [0.717, 1.165) is 19.4 Å². The first-order valence-electron chi connectivity index (χ1n) is 7.97. The van der Waals surface area contributed by atoms with Gasteiger partial charge in [-0.05, 0) is 30.9 Å². The van der Waals surface area contributed by atoms with Gasteiger partial charge in [-0.15, -0.1) is 0 Å². The number of carbonyl (C=O) groups excluding carboxylic acids is 1. The number of guanidine groups is 1. The summed E-state index contributed by atoms with van der Waals surface area (Å²) in [6, 6.07) is 9.98. The molecule has 0 saturated carbocycles. The van der Waals surface area contributed by atoms with E-state index >= 15 is 0 Å². The number of benzene rings is 1. The lowest BCUT2D eigenvalue weighted by Gasteiger charge is -2.29. The predicted octanol–water partition coefficient (Wildman–Crippen LogP) is 1.24. The molecule has 1 aliphatic rings. The minimum atomic E-state index is -0.212. The molecule has 6 nitrogen and oxygen atoms in total. The number of nitrogens with zero attached hydrogens (tertiary/aromatic N) is 2. The molecule has 1 heterocycles. The number of hydrogen-bond acceptors (Lipinski definition) is 5. The largest absolute Gasteiger partial charge is 0.372 e. The first-order valence-corrected chi connectivity index (χ1v) is 8.92. The van der Waals surface area contributed by atoms with Gasteiger partial charge in [-0.2, -0.15) is 0 Å². The number of thioether (sulfide) groups is 1. The Morgan fingerprint density at radius 2 is 2.12 bits per heavy atom. The van der Waals surface area contributed by atoms with Crippen LogP contribution in [0.2, 0.25) is 0 Å². The molecule has 1 aliphatic heterocycles. The zero-order chi connectivity index (χ0) is 17.4. The smallest absolute Gasteiger partial charge is 0.185 e. The van der Waals surface area contributed by atoms with Crippen LogP contribution in [0.15, 0.2) is 46.9 Å². The van der Waals surface area contributed by atoms with Gasteiger partial charge in [0.1, 0.15) is 5.37 Å². The van der Waals surface area contributed by atoms with E-state index in [1.807, 2.05) is 36.9 Å². The Kier molecular flexibility index (Phi) is 7.14. The molecule has 1 aromatic rings. The van der Waals surface area contributed by atoms with Crippen LogP contribution in [0, 0.1) is 0 Å². The second-order valence-electron chi connectivity index (χ2n) is 5.75. The van der Waals surface area contributed by atoms with Crippen molar-refractivity contribution < 1.29 is 4.79 Å². The highest BCUT2D eigenvalue weighted by atomic mass is 32.2. The van der Waals surface area contributed by atoms with E-state index in [1.54, 1.807) is 0 Å². The van der Waals surface area contributed by atoms with Gasteiger partial charge >= 0.3 is 0 Å². The number of rotatable bonds is 9. The molecule has 0 aliphatic carbocycles. The molecule has 130 valence electrons. The van der Waals surface area contributed by atoms with Crippen molar-refractivity contribution in [3.8, 4) is 0 Å². The highest BCUT2D eigenvalue weighted by molar-refractivity contribution is 8.03. The van der Waals surface area contributed by atoms with E-state index in [2.05, 4.69) is 27.3 Å². The van der Waals surface area contributed by atoms with E-state index in [1.165, 1.54) is 17.3 Å². The van der Waals surface area contributed by atoms with E-state index in [9.17, 15) is 4.79 Å². The molecule has 1 aromatic carbocycles. The van der Waals surface area contributed by atoms with E-state index in [4.69, 9.17) is 11.5 Å². The summed E-state index contributed by atoms with van der Waals surface area (Å²) in [6.45, 7) is 1.26. The molecule has 5 N–H and O–H groups in total. The van der Waals surface area contributed by atoms with Crippen molar-refractivity contribution in [1.82, 2.24) is 10.2 Å². The van der Waals surface area contributed by atoms with Crippen LogP contribution >= 0.6 is 11.8 Å². The molecule has 2 atom stereocenters. The zero-order valence-electron chi connectivity index (χ0n) is 13.9. The van der Waals surface area contributed by atoms with Crippen molar-refractivity contribution in [3.05, 3.63) is 47.5 Å². The number of ketones is 1. The van der Waals surface area contributed by atoms with Gasteiger partial charge in [-0.25, -0.2) is 0 Å². The normalized spacial score (nSPS) is 17.5. The Balaban J connectivity index is 2.00. The summed E-state index contributed by atoms with van der Waals surface area (Å²) in [4.78, 5) is 19.0. The van der Waals surface area contributed by atoms with Gasteiger partial charge in [-0.3, -0.25) is 14.7 Å². The van der Waals surface area contributed by atoms with Gasteiger partial charge in [-0.1, -0.05) is 42.1 Å². The third-order valence-corrected chi connectivity index (χ3v) is 4.79. The maximum absolute atomic E-state index is 12.9. The molecule has 2 rings (SSSR count). The van der Waals surface area contributed by atoms with E-state index in [-0.39, 0.29) is 23.2 Å². The topological polar surface area (TPSA) is 96.7 Å². The van der Waals surface area contributed by atoms with Crippen molar-refractivity contribution in [2.75, 3.05) is 13.6 Å². The Morgan fingerprint density at radius 3 is 2.75 bits per heavy atom. The average Bonchev–Trinajstić information content (AvgIpc) is 3.09. The number of carbonyl (C=O) groups is 1. The van der Waals surface area contributed by atoms with Gasteiger partial charge in [0.2, 0.25) is 0 Å². The van der Waals surface area contributed by atoms with Crippen molar-refractivity contribution in [3.63, 3.8) is 0 Å². The second-order valence-corrected chi connectivity index (χ2v) is 6.77. The number of hydrogen-bond donors (Lipinski definition) is 3. The summed E-state index contributed by atoms with van der Waals surface area (Å²) in [6.07, 6.45) is 3.30. The number of likely N-dealkylation sites (N-methyl/N-ethyl adjacent to an activating group) is 1. The van der Waals surface area contributed by atoms with Crippen LogP contribution in [0.4, 0.5) is 0 Å². The van der Waals surface area contributed by atoms with E-state index < -0.39 is 0 Å². The van der Waals surface area contributed by atoms with Crippen LogP contribution in [-0.4, -0.2) is 41.7 Å². The predicted molar refractivity (Wildman–Crippen MR) is 100 cm³/mol. The van der Waals surface area contributed by atoms with Crippen LogP contribution in [0.1, 0.15) is 18.4 Å². The van der Waals surface area contributed by atoms with Crippen molar-refractivity contribution in [2.24, 2.45) is 16.5 Å². The summed E-state index contributed by atoms with van der Waals surface area (Å²) >= 11 is 1.51. The summed E-state index contributed by atoms with van der Waals surface area (Å²) in [5.74, 6) is 0.279. The lowest BCUT2D eigenvalue weighted by Crippen LogP contribution is -2.45. The fraction of sp³-hybridized carbons (Fsp3) is 0.412. The summed E-state index contributed by atoms with van der Waals surface area (Å²) in [7, 11) is 1.99. The SMILES string of the molecule is CN(Cc1ccccc1)C(CCCN=C(N)N)C(=O)C1NC=CS1. The second kappa shape index (κ2) is 9.34. The van der Waals surface area contributed by atoms with Crippen molar-refractivity contribution in [2.45, 2.75) is 30.8 Å². The Labute approximate surface area is 147 Å². The van der Waals surface area contributed by atoms with Crippen LogP contribution in [-0.2, 0) is 11.3 Å². The van der Waals surface area contributed by atoms with Crippen LogP contribution < -0.4 is 16.8 Å². The summed E-state index contributed by atoms with van der Waals surface area (Å²) in [5, 5.41) is 4.80. The van der Waals surface area contributed by atoms with Crippen molar-refractivity contribution >= 4 is 23.5 Å². The number of aliphatic imine (C=N–C) groups is 1. The molecule has 7 heteroatoms. The third-order valence-electron chi connectivity index (χ3n) is 3.85. The molecule has 0 spiro atoms. The molecule has 0 fully saturated rings. The zero-order valence-corrected chi connectivity index (χ0v) is 14.7. The number of nitrogens with one attached hydrogen (secondary N) is 1. The van der Waals surface area contributed by atoms with Gasteiger partial charge in [0.25, 0.3) is 0 Å². The Bertz CT molecular complexity index is 578. The number of Topliss-reactive ketones (excluding diaryl/α,β-unsaturated/α-hetero) is 1. The Morgan fingerprint density at radius 1 is 1.38 bits per heavy atom. The average molecular weight is 347 g/mol. The first kappa shape index (κ1) is 18.4. The van der Waals surface area contributed by atoms with Gasteiger partial charge in [0.05, 0.1) is 6.04 Å². The minimum Gasteiger partial charge on any atom is -0.372 e. The summed E-state index contributed by atoms with van der Waals surface area (Å²) in [5.41, 5.74) is 11.9. The standard InChI is InChI=1S/C17H25N5OS/c1-22(12-13-6-3-2-4-7-13)14(8-5-9-21-17(18)19)15(23)16-20-10-11-24-16/h2-4,6-7,10-11,14,16,20H,5,8-9,12H2,1H3,(H4,18,19,21). The quantitative estimate of drug-likeness (QED) is 0.353. The fourth-order valence-electron chi connectivity index (χ4n) is 2.66. The molecule has 24 heavy (non-hydrogen) atoms. The number of nitrogens with two attached hydrogens (primary N) is 2. The molecule has 2 unspecified atom stereocenters. The fourth-order valence-corrected chi connectivity index (χ4v) is 3.42. The highest BCUT2D eigenvalue weighted by Gasteiger charge is 2.30. The lowest BCUT2D eigenvalue weighted by atomic mass is 10.0.